The molecule has 0 radical (unpaired) electrons. The third-order valence-corrected chi connectivity index (χ3v) is 4.56. The topological polar surface area (TPSA) is 74.5 Å². The van der Waals surface area contributed by atoms with Gasteiger partial charge in [-0.2, -0.15) is 0 Å². The summed E-state index contributed by atoms with van der Waals surface area (Å²) in [4.78, 5) is 21.2. The van der Waals surface area contributed by atoms with E-state index in [-0.39, 0.29) is 43.1 Å². The second-order valence-corrected chi connectivity index (χ2v) is 6.44. The van der Waals surface area contributed by atoms with E-state index in [1.807, 2.05) is 36.5 Å². The molecule has 1 aromatic carbocycles. The summed E-state index contributed by atoms with van der Waals surface area (Å²) in [6.45, 7) is 5.76. The first-order valence-electron chi connectivity index (χ1n) is 8.67. The number of nitrogens with one attached hydrogen (secondary N) is 1. The zero-order valence-electron chi connectivity index (χ0n) is 15.8. The van der Waals surface area contributed by atoms with Crippen LogP contribution < -0.4 is 16.0 Å². The van der Waals surface area contributed by atoms with Crippen LogP contribution in [0.5, 0.6) is 0 Å². The number of nitrogens with two attached hydrogens (primary N) is 1. The van der Waals surface area contributed by atoms with Gasteiger partial charge in [-0.05, 0) is 43.3 Å². The maximum atomic E-state index is 12.1. The molecule has 2 aromatic rings. The largest absolute Gasteiger partial charge is 0.399 e. The lowest BCUT2D eigenvalue weighted by molar-refractivity contribution is -0.116. The number of carbonyl (C=O) groups is 1. The number of hydrogen-bond donors (Lipinski definition) is 2. The number of rotatable bonds is 5. The number of hydrogen-bond acceptors (Lipinski definition) is 5. The molecule has 6 nitrogen and oxygen atoms in total. The molecular weight excluding hydrogens is 421 g/mol. The van der Waals surface area contributed by atoms with Gasteiger partial charge in [-0.15, -0.1) is 37.2 Å². The van der Waals surface area contributed by atoms with Gasteiger partial charge in [0.05, 0.1) is 0 Å². The molecule has 1 aliphatic rings. The highest BCUT2D eigenvalue weighted by Gasteiger charge is 2.24. The number of anilines is 3. The van der Waals surface area contributed by atoms with Gasteiger partial charge in [0.1, 0.15) is 5.82 Å². The molecule has 1 unspecified atom stereocenters. The molecule has 156 valence electrons. The first-order valence-corrected chi connectivity index (χ1v) is 8.67. The quantitative estimate of drug-likeness (QED) is 0.685. The van der Waals surface area contributed by atoms with Gasteiger partial charge < -0.3 is 16.0 Å². The fourth-order valence-corrected chi connectivity index (χ4v) is 3.11. The fraction of sp³-hybridized carbons (Fsp3) is 0.368. The number of halogens is 3. The fourth-order valence-electron chi connectivity index (χ4n) is 3.11. The number of nitrogens with zero attached hydrogens (tertiary/aromatic N) is 3. The van der Waals surface area contributed by atoms with Crippen molar-refractivity contribution in [2.75, 3.05) is 42.1 Å². The molecule has 1 atom stereocenters. The van der Waals surface area contributed by atoms with Crippen molar-refractivity contribution in [1.29, 1.82) is 0 Å². The van der Waals surface area contributed by atoms with Crippen LogP contribution in [0.2, 0.25) is 0 Å². The van der Waals surface area contributed by atoms with Crippen LogP contribution in [-0.2, 0) is 4.79 Å². The summed E-state index contributed by atoms with van der Waals surface area (Å²) in [5, 5.41) is 2.92. The molecule has 1 aliphatic heterocycles. The van der Waals surface area contributed by atoms with Crippen molar-refractivity contribution in [2.24, 2.45) is 0 Å². The number of carbonyl (C=O) groups excluding carboxylic acids is 1. The summed E-state index contributed by atoms with van der Waals surface area (Å²) >= 11 is 0. The zero-order chi connectivity index (χ0) is 17.6. The lowest BCUT2D eigenvalue weighted by Gasteiger charge is -2.40. The van der Waals surface area contributed by atoms with E-state index in [0.717, 1.165) is 37.7 Å². The maximum absolute atomic E-state index is 12.1. The van der Waals surface area contributed by atoms with Gasteiger partial charge in [0.25, 0.3) is 0 Å². The van der Waals surface area contributed by atoms with Gasteiger partial charge in [-0.1, -0.05) is 6.07 Å². The van der Waals surface area contributed by atoms with Crippen molar-refractivity contribution in [3.05, 3.63) is 48.7 Å². The van der Waals surface area contributed by atoms with Crippen LogP contribution in [0.1, 0.15) is 13.3 Å². The minimum Gasteiger partial charge on any atom is -0.399 e. The Morgan fingerprint density at radius 2 is 1.86 bits per heavy atom. The molecule has 0 bridgehead atoms. The Morgan fingerprint density at radius 3 is 2.46 bits per heavy atom. The normalized spacial score (nSPS) is 16.2. The standard InChI is InChI=1S/C19H25N5O.3ClH/c1-15-14-24(18-4-2-3-10-21-18)13-12-23(15)11-9-19(25)22-17-7-5-16(20)6-8-17;;;/h2-8,10,15H,9,11-14,20H2,1H3,(H,22,25);3*1H. The van der Waals surface area contributed by atoms with Crippen LogP contribution in [0.3, 0.4) is 0 Å². The number of pyridine rings is 1. The number of piperazine rings is 1. The van der Waals surface area contributed by atoms with Gasteiger partial charge in [-0.3, -0.25) is 9.69 Å². The molecule has 0 spiro atoms. The third kappa shape index (κ3) is 7.36. The molecule has 1 saturated heterocycles. The Balaban J connectivity index is 0.00000243. The predicted octanol–water partition coefficient (Wildman–Crippen LogP) is 3.47. The Hall–Kier alpha value is -1.73. The van der Waals surface area contributed by atoms with Gasteiger partial charge in [0, 0.05) is 56.2 Å². The summed E-state index contributed by atoms with van der Waals surface area (Å²) < 4.78 is 0. The minimum atomic E-state index is 0. The first kappa shape index (κ1) is 26.3. The number of aromatic nitrogens is 1. The maximum Gasteiger partial charge on any atom is 0.225 e. The Labute approximate surface area is 185 Å². The monoisotopic (exact) mass is 447 g/mol. The van der Waals surface area contributed by atoms with E-state index in [9.17, 15) is 4.79 Å². The molecule has 9 heteroatoms. The average molecular weight is 449 g/mol. The summed E-state index contributed by atoms with van der Waals surface area (Å²) in [5.41, 5.74) is 7.13. The summed E-state index contributed by atoms with van der Waals surface area (Å²) in [5.74, 6) is 1.05. The van der Waals surface area contributed by atoms with Crippen molar-refractivity contribution >= 4 is 60.3 Å². The SMILES string of the molecule is CC1CN(c2ccccn2)CCN1CCC(=O)Nc1ccc(N)cc1.Cl.Cl.Cl. The average Bonchev–Trinajstić information content (AvgIpc) is 2.63. The van der Waals surface area contributed by atoms with Crippen molar-refractivity contribution < 1.29 is 4.79 Å². The van der Waals surface area contributed by atoms with Crippen LogP contribution in [0.4, 0.5) is 17.2 Å². The summed E-state index contributed by atoms with van der Waals surface area (Å²) in [6, 6.07) is 13.6. The summed E-state index contributed by atoms with van der Waals surface area (Å²) in [6.07, 6.45) is 2.31. The third-order valence-electron chi connectivity index (χ3n) is 4.56. The molecule has 3 rings (SSSR count). The van der Waals surface area contributed by atoms with Crippen LogP contribution >= 0.6 is 37.2 Å². The zero-order valence-corrected chi connectivity index (χ0v) is 18.2. The molecule has 1 aromatic heterocycles. The van der Waals surface area contributed by atoms with Crippen molar-refractivity contribution in [1.82, 2.24) is 9.88 Å². The smallest absolute Gasteiger partial charge is 0.225 e. The van der Waals surface area contributed by atoms with Crippen LogP contribution in [0.15, 0.2) is 48.7 Å². The van der Waals surface area contributed by atoms with Gasteiger partial charge in [0.2, 0.25) is 5.91 Å². The van der Waals surface area contributed by atoms with Crippen LogP contribution in [-0.4, -0.2) is 48.0 Å². The van der Waals surface area contributed by atoms with E-state index in [4.69, 9.17) is 5.73 Å². The summed E-state index contributed by atoms with van der Waals surface area (Å²) in [7, 11) is 0. The van der Waals surface area contributed by atoms with E-state index in [1.54, 1.807) is 12.1 Å². The number of nitrogen functional groups attached to an aromatic ring is 1. The Morgan fingerprint density at radius 1 is 1.14 bits per heavy atom. The van der Waals surface area contributed by atoms with Crippen LogP contribution in [0.25, 0.3) is 0 Å². The van der Waals surface area contributed by atoms with E-state index < -0.39 is 0 Å². The lowest BCUT2D eigenvalue weighted by atomic mass is 10.1. The van der Waals surface area contributed by atoms with Crippen molar-refractivity contribution in [3.63, 3.8) is 0 Å². The van der Waals surface area contributed by atoms with Gasteiger partial charge >= 0.3 is 0 Å². The molecule has 2 heterocycles. The molecule has 1 amide bonds. The molecule has 3 N–H and O–H groups in total. The van der Waals surface area contributed by atoms with Gasteiger partial charge in [0.15, 0.2) is 0 Å². The second-order valence-electron chi connectivity index (χ2n) is 6.44. The molecule has 0 saturated carbocycles. The highest BCUT2D eigenvalue weighted by atomic mass is 35.5. The molecule has 0 aliphatic carbocycles. The molecule has 1 fully saturated rings. The van der Waals surface area contributed by atoms with E-state index >= 15 is 0 Å². The highest BCUT2D eigenvalue weighted by Crippen LogP contribution is 2.17. The molecule has 28 heavy (non-hydrogen) atoms. The Kier molecular flexibility index (Phi) is 11.9. The number of benzene rings is 1. The van der Waals surface area contributed by atoms with E-state index in [0.29, 0.717) is 18.2 Å². The Bertz CT molecular complexity index is 702. The van der Waals surface area contributed by atoms with Crippen molar-refractivity contribution in [2.45, 2.75) is 19.4 Å². The predicted molar refractivity (Wildman–Crippen MR) is 123 cm³/mol. The van der Waals surface area contributed by atoms with Gasteiger partial charge in [-0.25, -0.2) is 4.98 Å². The van der Waals surface area contributed by atoms with Crippen molar-refractivity contribution in [3.8, 4) is 0 Å². The van der Waals surface area contributed by atoms with E-state index in [2.05, 4.69) is 27.0 Å². The molecular formula is C19H28Cl3N5O. The number of amides is 1. The second kappa shape index (κ2) is 12.7. The minimum absolute atomic E-state index is 0. The lowest BCUT2D eigenvalue weighted by Crippen LogP contribution is -2.52. The van der Waals surface area contributed by atoms with Crippen LogP contribution in [0, 0.1) is 0 Å². The highest BCUT2D eigenvalue weighted by molar-refractivity contribution is 5.91. The van der Waals surface area contributed by atoms with E-state index in [1.165, 1.54) is 0 Å². The first-order chi connectivity index (χ1) is 12.1.